The van der Waals surface area contributed by atoms with Crippen molar-refractivity contribution in [2.75, 3.05) is 0 Å². The Hall–Kier alpha value is -3.52. The minimum Gasteiger partial charge on any atom is -0.468 e. The van der Waals surface area contributed by atoms with E-state index in [9.17, 15) is 13.9 Å². The number of furan rings is 2. The number of hydrogen-bond donors (Lipinski definition) is 1. The van der Waals surface area contributed by atoms with E-state index in [1.165, 1.54) is 42.0 Å². The van der Waals surface area contributed by atoms with Crippen LogP contribution in [0.5, 0.6) is 0 Å². The van der Waals surface area contributed by atoms with E-state index in [1.54, 1.807) is 41.9 Å². The molecule has 0 fully saturated rings. The second kappa shape index (κ2) is 10.00. The van der Waals surface area contributed by atoms with Gasteiger partial charge >= 0.3 is 0 Å². The summed E-state index contributed by atoms with van der Waals surface area (Å²) in [6.45, 7) is 1.69. The molecule has 5 rings (SSSR count). The lowest BCUT2D eigenvalue weighted by Crippen LogP contribution is -2.28. The SMILES string of the molecule is OC(c1cccc(F)c1)(c1cccc(F)c1)c1ccc(CN(Cc2ccsc2)Cc2ccco2)o1. The number of halogens is 2. The molecule has 5 aromatic rings. The van der Waals surface area contributed by atoms with Gasteiger partial charge in [-0.1, -0.05) is 24.3 Å². The van der Waals surface area contributed by atoms with E-state index in [-0.39, 0.29) is 16.9 Å². The lowest BCUT2D eigenvalue weighted by Gasteiger charge is -2.27. The molecule has 4 nitrogen and oxygen atoms in total. The minimum atomic E-state index is -1.87. The van der Waals surface area contributed by atoms with Gasteiger partial charge in [-0.05, 0) is 82.0 Å². The van der Waals surface area contributed by atoms with E-state index < -0.39 is 17.2 Å². The van der Waals surface area contributed by atoms with Gasteiger partial charge < -0.3 is 13.9 Å². The Morgan fingerprint density at radius 1 is 0.800 bits per heavy atom. The molecular formula is C28H23F2NO3S. The first kappa shape index (κ1) is 23.2. The summed E-state index contributed by atoms with van der Waals surface area (Å²) in [7, 11) is 0. The van der Waals surface area contributed by atoms with Gasteiger partial charge in [-0.25, -0.2) is 8.78 Å². The van der Waals surface area contributed by atoms with E-state index >= 15 is 0 Å². The van der Waals surface area contributed by atoms with Crippen LogP contribution < -0.4 is 0 Å². The number of nitrogens with zero attached hydrogens (tertiary/aromatic N) is 1. The topological polar surface area (TPSA) is 49.8 Å². The fraction of sp³-hybridized carbons (Fsp3) is 0.143. The summed E-state index contributed by atoms with van der Waals surface area (Å²) >= 11 is 1.63. The fourth-order valence-corrected chi connectivity index (χ4v) is 4.85. The van der Waals surface area contributed by atoms with Gasteiger partial charge in [0, 0.05) is 6.54 Å². The molecule has 0 spiro atoms. The molecule has 0 amide bonds. The van der Waals surface area contributed by atoms with E-state index in [0.717, 1.165) is 5.76 Å². The molecule has 0 saturated heterocycles. The van der Waals surface area contributed by atoms with Crippen molar-refractivity contribution in [2.24, 2.45) is 0 Å². The molecule has 0 unspecified atom stereocenters. The maximum atomic E-state index is 14.1. The van der Waals surface area contributed by atoms with Crippen molar-refractivity contribution in [1.29, 1.82) is 0 Å². The monoisotopic (exact) mass is 491 g/mol. The average molecular weight is 492 g/mol. The summed E-state index contributed by atoms with van der Waals surface area (Å²) in [5.74, 6) is 0.585. The van der Waals surface area contributed by atoms with E-state index in [2.05, 4.69) is 16.3 Å². The van der Waals surface area contributed by atoms with Crippen LogP contribution in [-0.2, 0) is 25.2 Å². The average Bonchev–Trinajstić information content (AvgIpc) is 3.62. The van der Waals surface area contributed by atoms with Crippen LogP contribution in [0.1, 0.15) is 34.0 Å². The Kier molecular flexibility index (Phi) is 6.63. The second-order valence-electron chi connectivity index (χ2n) is 8.35. The Bertz CT molecular complexity index is 1300. The fourth-order valence-electron chi connectivity index (χ4n) is 4.19. The summed E-state index contributed by atoms with van der Waals surface area (Å²) in [5.41, 5.74) is -0.212. The molecule has 3 aromatic heterocycles. The molecule has 3 heterocycles. The summed E-state index contributed by atoms with van der Waals surface area (Å²) < 4.78 is 39.9. The Labute approximate surface area is 205 Å². The number of benzene rings is 2. The minimum absolute atomic E-state index is 0.178. The highest BCUT2D eigenvalue weighted by Crippen LogP contribution is 2.38. The van der Waals surface area contributed by atoms with Gasteiger partial charge in [0.1, 0.15) is 28.9 Å². The third-order valence-corrected chi connectivity index (χ3v) is 6.56. The molecule has 35 heavy (non-hydrogen) atoms. The maximum Gasteiger partial charge on any atom is 0.173 e. The van der Waals surface area contributed by atoms with Gasteiger partial charge in [0.2, 0.25) is 0 Å². The molecule has 1 N–H and O–H groups in total. The molecule has 2 aromatic carbocycles. The quantitative estimate of drug-likeness (QED) is 0.249. The third-order valence-electron chi connectivity index (χ3n) is 5.83. The molecule has 178 valence electrons. The normalized spacial score (nSPS) is 11.9. The van der Waals surface area contributed by atoms with Crippen LogP contribution in [0.3, 0.4) is 0 Å². The largest absolute Gasteiger partial charge is 0.468 e. The van der Waals surface area contributed by atoms with Gasteiger partial charge in [0.15, 0.2) is 5.60 Å². The summed E-state index contributed by atoms with van der Waals surface area (Å²) in [4.78, 5) is 2.16. The number of hydrogen-bond acceptors (Lipinski definition) is 5. The van der Waals surface area contributed by atoms with E-state index in [4.69, 9.17) is 8.83 Å². The summed E-state index contributed by atoms with van der Waals surface area (Å²) in [5, 5.41) is 16.0. The zero-order valence-electron chi connectivity index (χ0n) is 18.7. The van der Waals surface area contributed by atoms with Crippen LogP contribution in [-0.4, -0.2) is 10.0 Å². The third kappa shape index (κ3) is 5.12. The molecule has 0 radical (unpaired) electrons. The molecule has 0 aliphatic heterocycles. The zero-order chi connectivity index (χ0) is 24.3. The Morgan fingerprint density at radius 2 is 1.51 bits per heavy atom. The second-order valence-corrected chi connectivity index (χ2v) is 9.13. The lowest BCUT2D eigenvalue weighted by molar-refractivity contribution is 0.0941. The van der Waals surface area contributed by atoms with E-state index in [1.807, 2.05) is 17.5 Å². The van der Waals surface area contributed by atoms with Gasteiger partial charge in [0.05, 0.1) is 19.4 Å². The van der Waals surface area contributed by atoms with Crippen molar-refractivity contribution >= 4 is 11.3 Å². The van der Waals surface area contributed by atoms with Crippen molar-refractivity contribution in [3.63, 3.8) is 0 Å². The maximum absolute atomic E-state index is 14.1. The first-order valence-electron chi connectivity index (χ1n) is 11.1. The van der Waals surface area contributed by atoms with Crippen molar-refractivity contribution in [2.45, 2.75) is 25.2 Å². The van der Waals surface area contributed by atoms with Crippen molar-refractivity contribution < 1.29 is 22.7 Å². The molecule has 0 aliphatic rings. The number of rotatable bonds is 9. The van der Waals surface area contributed by atoms with Crippen LogP contribution in [0.15, 0.2) is 105 Å². The molecule has 0 atom stereocenters. The zero-order valence-corrected chi connectivity index (χ0v) is 19.6. The van der Waals surface area contributed by atoms with Crippen molar-refractivity contribution in [3.05, 3.63) is 141 Å². The molecular weight excluding hydrogens is 468 g/mol. The molecule has 7 heteroatoms. The van der Waals surface area contributed by atoms with Gasteiger partial charge in [-0.2, -0.15) is 11.3 Å². The smallest absolute Gasteiger partial charge is 0.173 e. The predicted octanol–water partition coefficient (Wildman–Crippen LogP) is 6.70. The molecule has 0 aliphatic carbocycles. The van der Waals surface area contributed by atoms with Crippen LogP contribution in [0, 0.1) is 11.6 Å². The van der Waals surface area contributed by atoms with Gasteiger partial charge in [0.25, 0.3) is 0 Å². The number of thiophene rings is 1. The summed E-state index contributed by atoms with van der Waals surface area (Å²) in [6, 6.07) is 20.5. The molecule has 0 bridgehead atoms. The van der Waals surface area contributed by atoms with Gasteiger partial charge in [-0.15, -0.1) is 0 Å². The lowest BCUT2D eigenvalue weighted by atomic mass is 9.84. The van der Waals surface area contributed by atoms with Crippen LogP contribution in [0.4, 0.5) is 8.78 Å². The highest BCUT2D eigenvalue weighted by molar-refractivity contribution is 7.07. The van der Waals surface area contributed by atoms with Crippen molar-refractivity contribution in [1.82, 2.24) is 4.90 Å². The Morgan fingerprint density at radius 3 is 2.11 bits per heavy atom. The molecule has 0 saturated carbocycles. The standard InChI is InChI=1S/C28H23F2NO3S/c29-23-6-1-4-21(14-23)28(32,22-5-2-7-24(30)15-22)27-10-9-26(34-27)18-31(16-20-11-13-35-19-20)17-25-8-3-12-33-25/h1-15,19,32H,16-18H2. The first-order valence-corrected chi connectivity index (χ1v) is 12.0. The predicted molar refractivity (Wildman–Crippen MR) is 130 cm³/mol. The Balaban J connectivity index is 1.48. The highest BCUT2D eigenvalue weighted by Gasteiger charge is 2.38. The highest BCUT2D eigenvalue weighted by atomic mass is 32.1. The first-order chi connectivity index (χ1) is 17.0. The van der Waals surface area contributed by atoms with Crippen LogP contribution in [0.25, 0.3) is 0 Å². The van der Waals surface area contributed by atoms with Crippen LogP contribution in [0.2, 0.25) is 0 Å². The van der Waals surface area contributed by atoms with Gasteiger partial charge in [-0.3, -0.25) is 4.90 Å². The number of aliphatic hydroxyl groups is 1. The van der Waals surface area contributed by atoms with E-state index in [0.29, 0.717) is 25.4 Å². The van der Waals surface area contributed by atoms with Crippen molar-refractivity contribution in [3.8, 4) is 0 Å². The summed E-state index contributed by atoms with van der Waals surface area (Å²) in [6.07, 6.45) is 1.64. The van der Waals surface area contributed by atoms with Crippen LogP contribution >= 0.6 is 11.3 Å².